The number of allylic oxidation sites excluding steroid dienone is 1. The molecule has 2 nitrogen and oxygen atoms in total. The summed E-state index contributed by atoms with van der Waals surface area (Å²) >= 11 is 0. The van der Waals surface area contributed by atoms with E-state index in [1.807, 2.05) is 13.8 Å². The molecule has 2 bridgehead atoms. The minimum Gasteiger partial charge on any atom is -0.381 e. The van der Waals surface area contributed by atoms with Crippen LogP contribution in [0.2, 0.25) is 0 Å². The molecule has 4 atom stereocenters. The van der Waals surface area contributed by atoms with Crippen molar-refractivity contribution < 1.29 is 9.90 Å². The summed E-state index contributed by atoms with van der Waals surface area (Å²) in [6, 6.07) is 0. The van der Waals surface area contributed by atoms with E-state index in [0.717, 1.165) is 18.4 Å². The summed E-state index contributed by atoms with van der Waals surface area (Å²) < 4.78 is 0. The molecule has 19 heavy (non-hydrogen) atoms. The summed E-state index contributed by atoms with van der Waals surface area (Å²) in [5.41, 5.74) is -0.336. The van der Waals surface area contributed by atoms with Gasteiger partial charge in [-0.05, 0) is 43.9 Å². The fraction of sp³-hybridized carbons (Fsp3) is 0.824. The third-order valence-electron chi connectivity index (χ3n) is 6.40. The fourth-order valence-corrected chi connectivity index (χ4v) is 4.67. The van der Waals surface area contributed by atoms with Crippen molar-refractivity contribution in [1.82, 2.24) is 0 Å². The molecular weight excluding hydrogens is 236 g/mol. The standard InChI is InChI=1S/C17H28O2/c1-11(2)9-12(3)14(18)17(19)10-13-7-8-16(17,6)15(13,4)5/h12-13,19H,1,7-10H2,2-6H3/t12-,13-,16-,17+/m1/s1. The van der Waals surface area contributed by atoms with Gasteiger partial charge in [0.05, 0.1) is 0 Å². The summed E-state index contributed by atoms with van der Waals surface area (Å²) in [5.74, 6) is 0.381. The van der Waals surface area contributed by atoms with Crippen LogP contribution in [0.5, 0.6) is 0 Å². The molecule has 2 heteroatoms. The number of hydrogen-bond acceptors (Lipinski definition) is 2. The molecule has 2 aliphatic rings. The lowest BCUT2D eigenvalue weighted by molar-refractivity contribution is -0.159. The Hall–Kier alpha value is -0.630. The molecule has 0 saturated heterocycles. The maximum atomic E-state index is 12.8. The van der Waals surface area contributed by atoms with Gasteiger partial charge in [0.25, 0.3) is 0 Å². The first-order chi connectivity index (χ1) is 8.56. The number of Topliss-reactive ketones (excluding diaryl/α,β-unsaturated/α-hetero) is 1. The highest BCUT2D eigenvalue weighted by atomic mass is 16.3. The lowest BCUT2D eigenvalue weighted by Crippen LogP contribution is -2.54. The molecule has 0 aromatic carbocycles. The van der Waals surface area contributed by atoms with Gasteiger partial charge in [-0.15, -0.1) is 6.58 Å². The molecular formula is C17H28O2. The van der Waals surface area contributed by atoms with Crippen molar-refractivity contribution in [2.45, 2.75) is 65.9 Å². The van der Waals surface area contributed by atoms with Crippen LogP contribution in [-0.2, 0) is 4.79 Å². The van der Waals surface area contributed by atoms with Crippen LogP contribution in [0.1, 0.15) is 60.3 Å². The number of carbonyl (C=O) groups is 1. The number of hydrogen-bond donors (Lipinski definition) is 1. The Morgan fingerprint density at radius 3 is 2.37 bits per heavy atom. The molecule has 0 aromatic heterocycles. The van der Waals surface area contributed by atoms with E-state index in [0.29, 0.717) is 18.8 Å². The second-order valence-corrected chi connectivity index (χ2v) is 7.78. The first-order valence-electron chi connectivity index (χ1n) is 7.47. The van der Waals surface area contributed by atoms with E-state index < -0.39 is 5.60 Å². The van der Waals surface area contributed by atoms with Gasteiger partial charge >= 0.3 is 0 Å². The summed E-state index contributed by atoms with van der Waals surface area (Å²) in [6.45, 7) is 14.3. The van der Waals surface area contributed by atoms with Crippen molar-refractivity contribution in [3.8, 4) is 0 Å². The molecule has 2 fully saturated rings. The van der Waals surface area contributed by atoms with Crippen LogP contribution in [0.3, 0.4) is 0 Å². The van der Waals surface area contributed by atoms with Crippen molar-refractivity contribution in [3.63, 3.8) is 0 Å². The van der Waals surface area contributed by atoms with Crippen LogP contribution in [-0.4, -0.2) is 16.5 Å². The number of carbonyl (C=O) groups excluding carboxylic acids is 1. The third-order valence-corrected chi connectivity index (χ3v) is 6.40. The van der Waals surface area contributed by atoms with Crippen LogP contribution in [0.15, 0.2) is 12.2 Å². The first-order valence-corrected chi connectivity index (χ1v) is 7.47. The van der Waals surface area contributed by atoms with Gasteiger partial charge < -0.3 is 5.11 Å². The maximum absolute atomic E-state index is 12.8. The molecule has 0 amide bonds. The SMILES string of the molecule is C=C(C)C[C@@H](C)C(=O)[C@@]1(O)C[C@H]2CC[C@]1(C)C2(C)C. The quantitative estimate of drug-likeness (QED) is 0.785. The molecule has 2 aliphatic carbocycles. The van der Waals surface area contributed by atoms with Gasteiger partial charge in [-0.3, -0.25) is 4.79 Å². The average Bonchev–Trinajstić information content (AvgIpc) is 2.59. The fourth-order valence-electron chi connectivity index (χ4n) is 4.67. The van der Waals surface area contributed by atoms with E-state index >= 15 is 0 Å². The Labute approximate surface area is 117 Å². The molecule has 1 N–H and O–H groups in total. The molecule has 2 rings (SSSR count). The Bertz CT molecular complexity index is 423. The molecule has 0 radical (unpaired) electrons. The molecule has 108 valence electrons. The summed E-state index contributed by atoms with van der Waals surface area (Å²) in [6.07, 6.45) is 3.44. The van der Waals surface area contributed by atoms with E-state index in [2.05, 4.69) is 27.4 Å². The van der Waals surface area contributed by atoms with Crippen LogP contribution in [0.4, 0.5) is 0 Å². The van der Waals surface area contributed by atoms with Gasteiger partial charge in [-0.2, -0.15) is 0 Å². The first kappa shape index (κ1) is 14.8. The topological polar surface area (TPSA) is 37.3 Å². The highest BCUT2D eigenvalue weighted by Crippen LogP contribution is 2.70. The number of fused-ring (bicyclic) bond motifs is 2. The van der Waals surface area contributed by atoms with Crippen molar-refractivity contribution in [1.29, 1.82) is 0 Å². The Morgan fingerprint density at radius 2 is 2.00 bits per heavy atom. The predicted octanol–water partition coefficient (Wildman–Crippen LogP) is 3.74. The van der Waals surface area contributed by atoms with Crippen LogP contribution in [0, 0.1) is 22.7 Å². The minimum absolute atomic E-state index is 0.0354. The summed E-state index contributed by atoms with van der Waals surface area (Å²) in [5, 5.41) is 11.1. The second kappa shape index (κ2) is 4.18. The Kier molecular flexibility index (Phi) is 3.25. The number of ketones is 1. The van der Waals surface area contributed by atoms with Gasteiger partial charge in [0, 0.05) is 11.3 Å². The monoisotopic (exact) mass is 264 g/mol. The highest BCUT2D eigenvalue weighted by Gasteiger charge is 2.71. The Balaban J connectivity index is 2.30. The normalized spacial score (nSPS) is 41.3. The zero-order chi connectivity index (χ0) is 14.6. The van der Waals surface area contributed by atoms with Crippen molar-refractivity contribution >= 4 is 5.78 Å². The lowest BCUT2D eigenvalue weighted by Gasteiger charge is -2.45. The van der Waals surface area contributed by atoms with Crippen LogP contribution >= 0.6 is 0 Å². The predicted molar refractivity (Wildman–Crippen MR) is 77.8 cm³/mol. The number of rotatable bonds is 4. The van der Waals surface area contributed by atoms with E-state index in [9.17, 15) is 9.90 Å². The zero-order valence-electron chi connectivity index (χ0n) is 13.0. The largest absolute Gasteiger partial charge is 0.381 e. The summed E-state index contributed by atoms with van der Waals surface area (Å²) in [7, 11) is 0. The zero-order valence-corrected chi connectivity index (χ0v) is 13.0. The van der Waals surface area contributed by atoms with Crippen molar-refractivity contribution in [3.05, 3.63) is 12.2 Å². The molecule has 0 aromatic rings. The second-order valence-electron chi connectivity index (χ2n) is 7.78. The lowest BCUT2D eigenvalue weighted by atomic mass is 9.61. The van der Waals surface area contributed by atoms with E-state index in [1.54, 1.807) is 0 Å². The Morgan fingerprint density at radius 1 is 1.42 bits per heavy atom. The van der Waals surface area contributed by atoms with Gasteiger partial charge in [0.1, 0.15) is 5.60 Å². The van der Waals surface area contributed by atoms with Crippen molar-refractivity contribution in [2.24, 2.45) is 22.7 Å². The summed E-state index contributed by atoms with van der Waals surface area (Å²) in [4.78, 5) is 12.8. The van der Waals surface area contributed by atoms with Crippen LogP contribution in [0.25, 0.3) is 0 Å². The van der Waals surface area contributed by atoms with Gasteiger partial charge in [0.15, 0.2) is 5.78 Å². The minimum atomic E-state index is -1.13. The highest BCUT2D eigenvalue weighted by molar-refractivity contribution is 5.91. The molecule has 0 spiro atoms. The molecule has 0 heterocycles. The molecule has 0 aliphatic heterocycles. The van der Waals surface area contributed by atoms with Gasteiger partial charge in [-0.1, -0.05) is 33.3 Å². The number of aliphatic hydroxyl groups is 1. The average molecular weight is 264 g/mol. The molecule has 2 saturated carbocycles. The maximum Gasteiger partial charge on any atom is 0.168 e. The smallest absolute Gasteiger partial charge is 0.168 e. The van der Waals surface area contributed by atoms with Gasteiger partial charge in [-0.25, -0.2) is 0 Å². The van der Waals surface area contributed by atoms with E-state index in [1.165, 1.54) is 0 Å². The molecule has 0 unspecified atom stereocenters. The van der Waals surface area contributed by atoms with E-state index in [-0.39, 0.29) is 22.5 Å². The van der Waals surface area contributed by atoms with Crippen molar-refractivity contribution in [2.75, 3.05) is 0 Å². The third kappa shape index (κ3) is 1.75. The van der Waals surface area contributed by atoms with Gasteiger partial charge in [0.2, 0.25) is 0 Å². The van der Waals surface area contributed by atoms with Crippen LogP contribution < -0.4 is 0 Å². The van der Waals surface area contributed by atoms with E-state index in [4.69, 9.17) is 0 Å².